The zero-order chi connectivity index (χ0) is 17.5. The van der Waals surface area contributed by atoms with Gasteiger partial charge in [-0.2, -0.15) is 0 Å². The van der Waals surface area contributed by atoms with E-state index < -0.39 is 5.97 Å². The zero-order valence-electron chi connectivity index (χ0n) is 14.0. The molecule has 5 heteroatoms. The van der Waals surface area contributed by atoms with Gasteiger partial charge in [-0.25, -0.2) is 4.79 Å². The van der Waals surface area contributed by atoms with E-state index in [0.717, 1.165) is 5.75 Å². The smallest absolute Gasteiger partial charge is 0.343 e. The van der Waals surface area contributed by atoms with Crippen LogP contribution in [0, 0.1) is 5.92 Å². The number of hydrogen-bond acceptors (Lipinski definition) is 4. The lowest BCUT2D eigenvalue weighted by Gasteiger charge is -2.09. The van der Waals surface area contributed by atoms with Crippen molar-refractivity contribution < 1.29 is 19.1 Å². The van der Waals surface area contributed by atoms with E-state index >= 15 is 0 Å². The van der Waals surface area contributed by atoms with E-state index in [1.807, 2.05) is 0 Å². The monoisotopic (exact) mass is 327 g/mol. The highest BCUT2D eigenvalue weighted by molar-refractivity contribution is 5.91. The van der Waals surface area contributed by atoms with Gasteiger partial charge in [0, 0.05) is 12.6 Å². The van der Waals surface area contributed by atoms with Crippen LogP contribution in [0.1, 0.15) is 31.1 Å². The van der Waals surface area contributed by atoms with Gasteiger partial charge in [0.2, 0.25) is 5.91 Å². The highest BCUT2D eigenvalue weighted by atomic mass is 16.5. The molecule has 2 aromatic rings. The summed E-state index contributed by atoms with van der Waals surface area (Å²) in [4.78, 5) is 23.1. The molecule has 0 atom stereocenters. The van der Waals surface area contributed by atoms with Crippen molar-refractivity contribution in [2.75, 3.05) is 11.9 Å². The molecule has 0 heterocycles. The van der Waals surface area contributed by atoms with E-state index in [-0.39, 0.29) is 5.91 Å². The summed E-state index contributed by atoms with van der Waals surface area (Å²) in [6, 6.07) is 13.4. The SMILES string of the molecule is CC(=O)Nc1ccc(OC(=O)c2ccc(OCC(C)C)cc2)cc1. The molecule has 0 aliphatic carbocycles. The second-order valence-corrected chi connectivity index (χ2v) is 5.82. The van der Waals surface area contributed by atoms with Gasteiger partial charge < -0.3 is 14.8 Å². The number of ether oxygens (including phenoxy) is 2. The van der Waals surface area contributed by atoms with Gasteiger partial charge in [0.25, 0.3) is 0 Å². The average molecular weight is 327 g/mol. The van der Waals surface area contributed by atoms with Gasteiger partial charge in [-0.05, 0) is 54.4 Å². The van der Waals surface area contributed by atoms with Crippen LogP contribution in [0.4, 0.5) is 5.69 Å². The van der Waals surface area contributed by atoms with Crippen LogP contribution in [-0.2, 0) is 4.79 Å². The molecular formula is C19H21NO4. The largest absolute Gasteiger partial charge is 0.493 e. The summed E-state index contributed by atoms with van der Waals surface area (Å²) in [7, 11) is 0. The summed E-state index contributed by atoms with van der Waals surface area (Å²) in [5.41, 5.74) is 1.09. The van der Waals surface area contributed by atoms with Crippen molar-refractivity contribution in [3.8, 4) is 11.5 Å². The fourth-order valence-corrected chi connectivity index (χ4v) is 1.93. The first-order chi connectivity index (χ1) is 11.4. The lowest BCUT2D eigenvalue weighted by Crippen LogP contribution is -2.09. The van der Waals surface area contributed by atoms with Crippen molar-refractivity contribution in [3.05, 3.63) is 54.1 Å². The zero-order valence-corrected chi connectivity index (χ0v) is 14.0. The summed E-state index contributed by atoms with van der Waals surface area (Å²) < 4.78 is 10.9. The molecule has 0 bridgehead atoms. The summed E-state index contributed by atoms with van der Waals surface area (Å²) >= 11 is 0. The number of amides is 1. The number of rotatable bonds is 6. The number of nitrogens with one attached hydrogen (secondary N) is 1. The van der Waals surface area contributed by atoms with Gasteiger partial charge in [-0.1, -0.05) is 13.8 Å². The minimum Gasteiger partial charge on any atom is -0.493 e. The first-order valence-electron chi connectivity index (χ1n) is 7.76. The Bertz CT molecular complexity index is 690. The Hall–Kier alpha value is -2.82. The number of esters is 1. The molecule has 0 aliphatic heterocycles. The molecule has 2 aromatic carbocycles. The molecule has 0 fully saturated rings. The van der Waals surface area contributed by atoms with Crippen molar-refractivity contribution >= 4 is 17.6 Å². The Labute approximate surface area is 141 Å². The molecule has 1 amide bonds. The molecule has 1 N–H and O–H groups in total. The highest BCUT2D eigenvalue weighted by Gasteiger charge is 2.09. The molecule has 0 saturated heterocycles. The molecule has 126 valence electrons. The molecule has 2 rings (SSSR count). The van der Waals surface area contributed by atoms with Gasteiger partial charge in [0.1, 0.15) is 11.5 Å². The summed E-state index contributed by atoms with van der Waals surface area (Å²) in [5, 5.41) is 2.65. The molecule has 0 unspecified atom stereocenters. The molecule has 0 aromatic heterocycles. The first-order valence-corrected chi connectivity index (χ1v) is 7.76. The van der Waals surface area contributed by atoms with E-state index in [1.165, 1.54) is 6.92 Å². The van der Waals surface area contributed by atoms with E-state index in [0.29, 0.717) is 29.5 Å². The third-order valence-electron chi connectivity index (χ3n) is 3.06. The summed E-state index contributed by atoms with van der Waals surface area (Å²) in [5.74, 6) is 0.974. The molecule has 0 saturated carbocycles. The van der Waals surface area contributed by atoms with Crippen molar-refractivity contribution in [2.45, 2.75) is 20.8 Å². The maximum absolute atomic E-state index is 12.1. The van der Waals surface area contributed by atoms with Crippen molar-refractivity contribution in [2.24, 2.45) is 5.92 Å². The van der Waals surface area contributed by atoms with E-state index in [4.69, 9.17) is 9.47 Å². The van der Waals surface area contributed by atoms with Crippen molar-refractivity contribution in [1.29, 1.82) is 0 Å². The molecular weight excluding hydrogens is 306 g/mol. The minimum atomic E-state index is -0.447. The molecule has 0 aliphatic rings. The highest BCUT2D eigenvalue weighted by Crippen LogP contribution is 2.18. The number of benzene rings is 2. The predicted octanol–water partition coefficient (Wildman–Crippen LogP) is 3.90. The third-order valence-corrected chi connectivity index (χ3v) is 3.06. The molecule has 24 heavy (non-hydrogen) atoms. The van der Waals surface area contributed by atoms with E-state index in [9.17, 15) is 9.59 Å². The standard InChI is InChI=1S/C19H21NO4/c1-13(2)12-23-17-8-4-15(5-9-17)19(22)24-18-10-6-16(7-11-18)20-14(3)21/h4-11,13H,12H2,1-3H3,(H,20,21). The maximum Gasteiger partial charge on any atom is 0.343 e. The third kappa shape index (κ3) is 5.43. The maximum atomic E-state index is 12.1. The topological polar surface area (TPSA) is 64.6 Å². The van der Waals surface area contributed by atoms with Crippen LogP contribution in [0.25, 0.3) is 0 Å². The van der Waals surface area contributed by atoms with E-state index in [2.05, 4.69) is 19.2 Å². The molecule has 5 nitrogen and oxygen atoms in total. The van der Waals surface area contributed by atoms with E-state index in [1.54, 1.807) is 48.5 Å². The summed E-state index contributed by atoms with van der Waals surface area (Å²) in [6.07, 6.45) is 0. The Morgan fingerprint density at radius 1 is 0.958 bits per heavy atom. The Morgan fingerprint density at radius 3 is 2.08 bits per heavy atom. The fraction of sp³-hybridized carbons (Fsp3) is 0.263. The normalized spacial score (nSPS) is 10.3. The van der Waals surface area contributed by atoms with Gasteiger partial charge in [-0.3, -0.25) is 4.79 Å². The lowest BCUT2D eigenvalue weighted by atomic mass is 10.2. The van der Waals surface area contributed by atoms with Crippen LogP contribution in [0.3, 0.4) is 0 Å². The minimum absolute atomic E-state index is 0.153. The first kappa shape index (κ1) is 17.5. The van der Waals surface area contributed by atoms with Crippen molar-refractivity contribution in [1.82, 2.24) is 0 Å². The molecule has 0 radical (unpaired) electrons. The van der Waals surface area contributed by atoms with Gasteiger partial charge >= 0.3 is 5.97 Å². The van der Waals surface area contributed by atoms with Gasteiger partial charge in [-0.15, -0.1) is 0 Å². The van der Waals surface area contributed by atoms with Crippen LogP contribution in [0.2, 0.25) is 0 Å². The van der Waals surface area contributed by atoms with Gasteiger partial charge in [0.15, 0.2) is 0 Å². The number of anilines is 1. The van der Waals surface area contributed by atoms with Crippen LogP contribution < -0.4 is 14.8 Å². The second-order valence-electron chi connectivity index (χ2n) is 5.82. The van der Waals surface area contributed by atoms with Crippen LogP contribution in [0.5, 0.6) is 11.5 Å². The Kier molecular flexibility index (Phi) is 5.95. The fourth-order valence-electron chi connectivity index (χ4n) is 1.93. The Morgan fingerprint density at radius 2 is 1.54 bits per heavy atom. The Balaban J connectivity index is 1.95. The predicted molar refractivity (Wildman–Crippen MR) is 92.5 cm³/mol. The number of carbonyl (C=O) groups excluding carboxylic acids is 2. The number of hydrogen-bond donors (Lipinski definition) is 1. The molecule has 0 spiro atoms. The summed E-state index contributed by atoms with van der Waals surface area (Å²) in [6.45, 7) is 6.21. The quantitative estimate of drug-likeness (QED) is 0.645. The van der Waals surface area contributed by atoms with Gasteiger partial charge in [0.05, 0.1) is 12.2 Å². The van der Waals surface area contributed by atoms with Crippen LogP contribution in [-0.4, -0.2) is 18.5 Å². The van der Waals surface area contributed by atoms with Crippen molar-refractivity contribution in [3.63, 3.8) is 0 Å². The van der Waals surface area contributed by atoms with Crippen LogP contribution in [0.15, 0.2) is 48.5 Å². The van der Waals surface area contributed by atoms with Crippen LogP contribution >= 0.6 is 0 Å². The second kappa shape index (κ2) is 8.15. The number of carbonyl (C=O) groups is 2. The average Bonchev–Trinajstić information content (AvgIpc) is 2.54. The lowest BCUT2D eigenvalue weighted by molar-refractivity contribution is -0.114.